The van der Waals surface area contributed by atoms with Crippen LogP contribution in [0.3, 0.4) is 0 Å². The molecule has 107 valence electrons. The van der Waals surface area contributed by atoms with Gasteiger partial charge in [-0.2, -0.15) is 0 Å². The van der Waals surface area contributed by atoms with E-state index in [0.717, 1.165) is 12.8 Å². The van der Waals surface area contributed by atoms with E-state index in [-0.39, 0.29) is 11.9 Å². The van der Waals surface area contributed by atoms with E-state index in [2.05, 4.69) is 10.6 Å². The van der Waals surface area contributed by atoms with Crippen molar-refractivity contribution < 1.29 is 14.4 Å². The van der Waals surface area contributed by atoms with Gasteiger partial charge in [-0.05, 0) is 25.7 Å². The third-order valence-electron chi connectivity index (χ3n) is 3.46. The molecule has 6 nitrogen and oxygen atoms in total. The monoisotopic (exact) mass is 276 g/mol. The summed E-state index contributed by atoms with van der Waals surface area (Å²) in [6, 6.07) is -1.14. The van der Waals surface area contributed by atoms with E-state index in [1.54, 1.807) is 0 Å². The third-order valence-corrected chi connectivity index (χ3v) is 3.46. The molecule has 2 rings (SSSR count). The molecule has 0 aromatic heterocycles. The summed E-state index contributed by atoms with van der Waals surface area (Å²) in [5.41, 5.74) is 0. The van der Waals surface area contributed by atoms with Crippen molar-refractivity contribution in [2.45, 2.75) is 37.8 Å². The fraction of sp³-hybridized carbons (Fsp3) is 0.500. The maximum Gasteiger partial charge on any atom is 0.324 e. The quantitative estimate of drug-likeness (QED) is 0.742. The van der Waals surface area contributed by atoms with Crippen molar-refractivity contribution in [3.63, 3.8) is 0 Å². The van der Waals surface area contributed by atoms with E-state index in [9.17, 15) is 14.4 Å². The molecular weight excluding hydrogens is 258 g/mol. The van der Waals surface area contributed by atoms with Crippen LogP contribution in [0.1, 0.15) is 25.7 Å². The Balaban J connectivity index is 1.99. The second-order valence-corrected chi connectivity index (χ2v) is 4.89. The van der Waals surface area contributed by atoms with Gasteiger partial charge in [-0.1, -0.05) is 24.3 Å². The van der Waals surface area contributed by atoms with Crippen molar-refractivity contribution in [2.75, 3.05) is 6.54 Å². The van der Waals surface area contributed by atoms with Crippen LogP contribution in [0.4, 0.5) is 4.79 Å². The lowest BCUT2D eigenvalue weighted by atomic mass is 10.1. The standard InChI is InChI=1S/C14H18N3O3/c18-10-15-12-8-4-5-9-17(13(12)19)14(20)16-11-6-2-1-3-7-11/h1-3,6,11-12H,4-5,7-9H2,(H,15,18)(H,16,20)/t11?,12-/m0/s1. The Labute approximate surface area is 117 Å². The minimum atomic E-state index is -0.650. The molecule has 1 heterocycles. The van der Waals surface area contributed by atoms with Crippen molar-refractivity contribution in [1.29, 1.82) is 0 Å². The van der Waals surface area contributed by atoms with E-state index in [1.165, 1.54) is 11.3 Å². The largest absolute Gasteiger partial charge is 0.336 e. The van der Waals surface area contributed by atoms with E-state index in [1.807, 2.05) is 24.3 Å². The van der Waals surface area contributed by atoms with Gasteiger partial charge in [0.15, 0.2) is 0 Å². The van der Waals surface area contributed by atoms with Crippen LogP contribution in [-0.2, 0) is 9.59 Å². The first-order chi connectivity index (χ1) is 9.72. The first-order valence-electron chi connectivity index (χ1n) is 6.80. The Morgan fingerprint density at radius 1 is 1.35 bits per heavy atom. The molecule has 2 N–H and O–H groups in total. The Bertz CT molecular complexity index is 445. The highest BCUT2D eigenvalue weighted by atomic mass is 16.2. The summed E-state index contributed by atoms with van der Waals surface area (Å²) in [6.45, 7) is 0.383. The zero-order chi connectivity index (χ0) is 14.4. The van der Waals surface area contributed by atoms with Gasteiger partial charge >= 0.3 is 12.4 Å². The van der Waals surface area contributed by atoms with Crippen molar-refractivity contribution >= 4 is 18.3 Å². The maximum atomic E-state index is 12.2. The Morgan fingerprint density at radius 2 is 2.20 bits per heavy atom. The summed E-state index contributed by atoms with van der Waals surface area (Å²) in [4.78, 5) is 36.0. The number of hydrogen-bond acceptors (Lipinski definition) is 3. The van der Waals surface area contributed by atoms with Crippen molar-refractivity contribution in [3.05, 3.63) is 24.3 Å². The van der Waals surface area contributed by atoms with Gasteiger partial charge in [0.2, 0.25) is 0 Å². The minimum absolute atomic E-state index is 0.0902. The van der Waals surface area contributed by atoms with Gasteiger partial charge in [-0.15, -0.1) is 0 Å². The molecule has 1 fully saturated rings. The fourth-order valence-corrected chi connectivity index (χ4v) is 2.37. The summed E-state index contributed by atoms with van der Waals surface area (Å²) in [5, 5.41) is 5.17. The number of rotatable bonds is 3. The number of urea groups is 1. The molecule has 2 aliphatic rings. The summed E-state index contributed by atoms with van der Waals surface area (Å²) in [7, 11) is 0. The predicted molar refractivity (Wildman–Crippen MR) is 73.4 cm³/mol. The van der Waals surface area contributed by atoms with Crippen LogP contribution in [0, 0.1) is 0 Å². The fourth-order valence-electron chi connectivity index (χ4n) is 2.37. The van der Waals surface area contributed by atoms with Crippen LogP contribution in [-0.4, -0.2) is 41.9 Å². The van der Waals surface area contributed by atoms with Gasteiger partial charge in [-0.3, -0.25) is 14.5 Å². The summed E-state index contributed by atoms with van der Waals surface area (Å²) in [6.07, 6.45) is 12.0. The van der Waals surface area contributed by atoms with E-state index in [4.69, 9.17) is 0 Å². The maximum absolute atomic E-state index is 12.2. The number of hydrogen-bond donors (Lipinski definition) is 2. The number of nitrogens with zero attached hydrogens (tertiary/aromatic N) is 1. The van der Waals surface area contributed by atoms with E-state index in [0.29, 0.717) is 19.4 Å². The number of carbonyl (C=O) groups is 2. The molecule has 2 atom stereocenters. The minimum Gasteiger partial charge on any atom is -0.336 e. The first-order valence-corrected chi connectivity index (χ1v) is 6.80. The van der Waals surface area contributed by atoms with Crippen molar-refractivity contribution in [1.82, 2.24) is 15.5 Å². The average molecular weight is 276 g/mol. The lowest BCUT2D eigenvalue weighted by Crippen LogP contribution is -2.52. The number of allylic oxidation sites excluding steroid dienone is 2. The summed E-state index contributed by atoms with van der Waals surface area (Å²) >= 11 is 0. The van der Waals surface area contributed by atoms with Gasteiger partial charge in [0.25, 0.3) is 5.91 Å². The Hall–Kier alpha value is -2.11. The van der Waals surface area contributed by atoms with Crippen LogP contribution in [0.5, 0.6) is 0 Å². The van der Waals surface area contributed by atoms with Gasteiger partial charge < -0.3 is 10.6 Å². The second kappa shape index (κ2) is 6.88. The zero-order valence-corrected chi connectivity index (χ0v) is 11.2. The van der Waals surface area contributed by atoms with Crippen LogP contribution >= 0.6 is 0 Å². The molecule has 0 bridgehead atoms. The summed E-state index contributed by atoms with van der Waals surface area (Å²) in [5.74, 6) is -0.362. The van der Waals surface area contributed by atoms with Gasteiger partial charge in [0.05, 0.1) is 6.04 Å². The molecular formula is C14H18N3O3. The number of imide groups is 1. The zero-order valence-electron chi connectivity index (χ0n) is 11.2. The van der Waals surface area contributed by atoms with Crippen LogP contribution < -0.4 is 10.6 Å². The lowest BCUT2D eigenvalue weighted by Gasteiger charge is -2.25. The number of likely N-dealkylation sites (tertiary alicyclic amines) is 1. The highest BCUT2D eigenvalue weighted by molar-refractivity contribution is 5.98. The predicted octanol–water partition coefficient (Wildman–Crippen LogP) is 0.619. The molecule has 6 heteroatoms. The van der Waals surface area contributed by atoms with Crippen LogP contribution in [0.15, 0.2) is 24.3 Å². The average Bonchev–Trinajstić information content (AvgIpc) is 2.63. The number of carbonyl (C=O) groups excluding carboxylic acids is 3. The van der Waals surface area contributed by atoms with E-state index < -0.39 is 12.1 Å². The van der Waals surface area contributed by atoms with Crippen molar-refractivity contribution in [3.8, 4) is 0 Å². The topological polar surface area (TPSA) is 78.5 Å². The molecule has 20 heavy (non-hydrogen) atoms. The number of nitrogens with one attached hydrogen (secondary N) is 2. The SMILES string of the molecule is O=[C]N[C@H]1CCCCN(C(=O)NC2C=CC=CC2)C1=O. The molecule has 0 aromatic rings. The molecule has 1 unspecified atom stereocenters. The molecule has 0 saturated carbocycles. The third kappa shape index (κ3) is 3.46. The van der Waals surface area contributed by atoms with Crippen LogP contribution in [0.2, 0.25) is 0 Å². The Kier molecular flexibility index (Phi) is 4.92. The van der Waals surface area contributed by atoms with Gasteiger partial charge in [0.1, 0.15) is 6.04 Å². The Morgan fingerprint density at radius 3 is 2.90 bits per heavy atom. The number of amides is 4. The highest BCUT2D eigenvalue weighted by Crippen LogP contribution is 2.13. The molecule has 1 aliphatic heterocycles. The molecule has 4 amide bonds. The molecule has 1 saturated heterocycles. The molecule has 0 spiro atoms. The second-order valence-electron chi connectivity index (χ2n) is 4.89. The normalized spacial score (nSPS) is 26.0. The molecule has 1 aliphatic carbocycles. The van der Waals surface area contributed by atoms with E-state index >= 15 is 0 Å². The lowest BCUT2D eigenvalue weighted by molar-refractivity contribution is -0.129. The van der Waals surface area contributed by atoms with Crippen molar-refractivity contribution in [2.24, 2.45) is 0 Å². The van der Waals surface area contributed by atoms with Gasteiger partial charge in [0, 0.05) is 6.54 Å². The summed E-state index contributed by atoms with van der Waals surface area (Å²) < 4.78 is 0. The molecule has 0 aromatic carbocycles. The molecule has 1 radical (unpaired) electrons. The first kappa shape index (κ1) is 14.3. The van der Waals surface area contributed by atoms with Gasteiger partial charge in [-0.25, -0.2) is 4.79 Å². The smallest absolute Gasteiger partial charge is 0.324 e. The van der Waals surface area contributed by atoms with Crippen LogP contribution in [0.25, 0.3) is 0 Å². The highest BCUT2D eigenvalue weighted by Gasteiger charge is 2.31.